The summed E-state index contributed by atoms with van der Waals surface area (Å²) in [5.74, 6) is 0.670. The van der Waals surface area contributed by atoms with Gasteiger partial charge < -0.3 is 4.98 Å². The number of nitrogens with one attached hydrogen (secondary N) is 1. The maximum Gasteiger partial charge on any atom is 0.328 e. The molecule has 0 amide bonds. The molecule has 0 saturated carbocycles. The molecular weight excluding hydrogens is 316 g/mol. The topological polar surface area (TPSA) is 54.9 Å². The lowest BCUT2D eigenvalue weighted by atomic mass is 10.4. The molecule has 0 aliphatic rings. The minimum Gasteiger partial charge on any atom is -0.313 e. The van der Waals surface area contributed by atoms with E-state index >= 15 is 0 Å². The van der Waals surface area contributed by atoms with Gasteiger partial charge in [0.25, 0.3) is 5.56 Å². The smallest absolute Gasteiger partial charge is 0.313 e. The molecule has 0 fully saturated rings. The summed E-state index contributed by atoms with van der Waals surface area (Å²) in [6.07, 6.45) is 1.37. The number of H-pyrrole nitrogens is 1. The minimum atomic E-state index is -0.378. The number of hydrogen-bond acceptors (Lipinski definition) is 3. The summed E-state index contributed by atoms with van der Waals surface area (Å²) in [7, 11) is 0. The Kier molecular flexibility index (Phi) is 4.43. The van der Waals surface area contributed by atoms with Crippen molar-refractivity contribution in [3.05, 3.63) is 61.8 Å². The van der Waals surface area contributed by atoms with Gasteiger partial charge in [-0.2, -0.15) is 0 Å². The van der Waals surface area contributed by atoms with Crippen LogP contribution in [0, 0.1) is 0 Å². The molecule has 2 aromatic rings. The van der Waals surface area contributed by atoms with E-state index in [1.807, 2.05) is 30.3 Å². The van der Waals surface area contributed by atoms with Crippen molar-refractivity contribution in [2.45, 2.75) is 11.4 Å². The van der Waals surface area contributed by atoms with Crippen molar-refractivity contribution in [2.75, 3.05) is 5.75 Å². The molecule has 1 N–H and O–H groups in total. The van der Waals surface area contributed by atoms with Crippen molar-refractivity contribution in [3.63, 3.8) is 0 Å². The van der Waals surface area contributed by atoms with Crippen LogP contribution in [0.15, 0.2) is 55.5 Å². The molecule has 0 saturated heterocycles. The van der Waals surface area contributed by atoms with Crippen LogP contribution in [0.4, 0.5) is 0 Å². The van der Waals surface area contributed by atoms with Gasteiger partial charge in [0.15, 0.2) is 0 Å². The largest absolute Gasteiger partial charge is 0.328 e. The van der Waals surface area contributed by atoms with Gasteiger partial charge in [-0.1, -0.05) is 18.2 Å². The van der Waals surface area contributed by atoms with Gasteiger partial charge in [-0.3, -0.25) is 9.36 Å². The van der Waals surface area contributed by atoms with Gasteiger partial charge in [-0.25, -0.2) is 4.79 Å². The van der Waals surface area contributed by atoms with Crippen molar-refractivity contribution in [2.24, 2.45) is 0 Å². The number of aromatic amines is 1. The second-order valence-electron chi connectivity index (χ2n) is 3.56. The fourth-order valence-electron chi connectivity index (χ4n) is 1.46. The molecule has 0 unspecified atom stereocenters. The van der Waals surface area contributed by atoms with Crippen molar-refractivity contribution >= 4 is 27.7 Å². The highest BCUT2D eigenvalue weighted by molar-refractivity contribution is 9.10. The molecule has 6 heteroatoms. The number of halogens is 1. The molecule has 18 heavy (non-hydrogen) atoms. The maximum atomic E-state index is 11.7. The van der Waals surface area contributed by atoms with Gasteiger partial charge in [-0.15, -0.1) is 11.8 Å². The van der Waals surface area contributed by atoms with E-state index in [1.54, 1.807) is 11.8 Å². The second kappa shape index (κ2) is 6.06. The number of nitrogens with zero attached hydrogens (tertiary/aromatic N) is 1. The maximum absolute atomic E-state index is 11.7. The molecule has 0 bridgehead atoms. The molecule has 0 aliphatic carbocycles. The zero-order valence-electron chi connectivity index (χ0n) is 9.43. The molecule has 1 aromatic carbocycles. The summed E-state index contributed by atoms with van der Waals surface area (Å²) >= 11 is 4.72. The van der Waals surface area contributed by atoms with Crippen LogP contribution in [0.3, 0.4) is 0 Å². The number of aromatic nitrogens is 2. The second-order valence-corrected chi connectivity index (χ2v) is 5.58. The zero-order valence-corrected chi connectivity index (χ0v) is 11.8. The third-order valence-corrected chi connectivity index (χ3v) is 3.90. The van der Waals surface area contributed by atoms with Crippen LogP contribution < -0.4 is 11.2 Å². The lowest BCUT2D eigenvalue weighted by molar-refractivity contribution is 0.674. The first-order valence-corrected chi connectivity index (χ1v) is 7.12. The first-order valence-electron chi connectivity index (χ1n) is 5.34. The molecule has 1 heterocycles. The summed E-state index contributed by atoms with van der Waals surface area (Å²) in [6, 6.07) is 9.87. The normalized spacial score (nSPS) is 10.5. The molecule has 1 aromatic heterocycles. The van der Waals surface area contributed by atoms with Crippen molar-refractivity contribution in [3.8, 4) is 0 Å². The molecular formula is C12H11BrN2O2S. The third-order valence-electron chi connectivity index (χ3n) is 2.34. The Balaban J connectivity index is 2.06. The van der Waals surface area contributed by atoms with E-state index in [2.05, 4.69) is 20.9 Å². The lowest BCUT2D eigenvalue weighted by Crippen LogP contribution is -2.35. The van der Waals surface area contributed by atoms with Crippen molar-refractivity contribution < 1.29 is 0 Å². The van der Waals surface area contributed by atoms with E-state index in [4.69, 9.17) is 0 Å². The summed E-state index contributed by atoms with van der Waals surface area (Å²) in [4.78, 5) is 26.9. The zero-order chi connectivity index (χ0) is 13.0. The van der Waals surface area contributed by atoms with Gasteiger partial charge in [0.2, 0.25) is 0 Å². The number of hydrogen-bond donors (Lipinski definition) is 1. The highest BCUT2D eigenvalue weighted by atomic mass is 79.9. The highest BCUT2D eigenvalue weighted by Crippen LogP contribution is 2.16. The van der Waals surface area contributed by atoms with E-state index < -0.39 is 0 Å². The highest BCUT2D eigenvalue weighted by Gasteiger charge is 2.04. The third kappa shape index (κ3) is 3.14. The van der Waals surface area contributed by atoms with Crippen LogP contribution in [0.5, 0.6) is 0 Å². The Hall–Kier alpha value is -1.27. The van der Waals surface area contributed by atoms with Crippen molar-refractivity contribution in [1.82, 2.24) is 9.55 Å². The molecule has 0 atom stereocenters. The van der Waals surface area contributed by atoms with E-state index in [9.17, 15) is 9.59 Å². The fraction of sp³-hybridized carbons (Fsp3) is 0.167. The monoisotopic (exact) mass is 326 g/mol. The molecule has 0 spiro atoms. The Labute approximate surface area is 116 Å². The van der Waals surface area contributed by atoms with Crippen LogP contribution in [0.1, 0.15) is 0 Å². The summed E-state index contributed by atoms with van der Waals surface area (Å²) in [5.41, 5.74) is -0.677. The average Bonchev–Trinajstić information content (AvgIpc) is 2.39. The van der Waals surface area contributed by atoms with Gasteiger partial charge in [0.1, 0.15) is 0 Å². The van der Waals surface area contributed by atoms with Crippen LogP contribution in [0.2, 0.25) is 0 Å². The minimum absolute atomic E-state index is 0.299. The summed E-state index contributed by atoms with van der Waals surface area (Å²) < 4.78 is 1.56. The quantitative estimate of drug-likeness (QED) is 0.875. The molecule has 94 valence electrons. The lowest BCUT2D eigenvalue weighted by Gasteiger charge is -2.04. The predicted molar refractivity (Wildman–Crippen MR) is 76.2 cm³/mol. The Morgan fingerprint density at radius 2 is 1.94 bits per heavy atom. The van der Waals surface area contributed by atoms with Gasteiger partial charge in [-0.05, 0) is 28.1 Å². The number of rotatable bonds is 4. The molecule has 0 aliphatic heterocycles. The Morgan fingerprint density at radius 1 is 1.22 bits per heavy atom. The van der Waals surface area contributed by atoms with E-state index in [-0.39, 0.29) is 11.2 Å². The average molecular weight is 327 g/mol. The first kappa shape index (κ1) is 13.2. The molecule has 4 nitrogen and oxygen atoms in total. The number of thioether (sulfide) groups is 1. The fourth-order valence-corrected chi connectivity index (χ4v) is 2.65. The first-order chi connectivity index (χ1) is 8.68. The number of benzene rings is 1. The SMILES string of the molecule is O=c1[nH]cc(Br)c(=O)n1CCSc1ccccc1. The van der Waals surface area contributed by atoms with E-state index in [0.717, 1.165) is 4.90 Å². The van der Waals surface area contributed by atoms with Gasteiger partial charge in [0.05, 0.1) is 4.47 Å². The van der Waals surface area contributed by atoms with Crippen LogP contribution in [-0.2, 0) is 6.54 Å². The van der Waals surface area contributed by atoms with Gasteiger partial charge >= 0.3 is 5.69 Å². The summed E-state index contributed by atoms with van der Waals surface area (Å²) in [6.45, 7) is 0.382. The van der Waals surface area contributed by atoms with Crippen molar-refractivity contribution in [1.29, 1.82) is 0 Å². The standard InChI is InChI=1S/C12H11BrN2O2S/c13-10-8-14-12(17)15(11(10)16)6-7-18-9-4-2-1-3-5-9/h1-5,8H,6-7H2,(H,14,17). The predicted octanol–water partition coefficient (Wildman–Crippen LogP) is 2.09. The summed E-state index contributed by atoms with van der Waals surface area (Å²) in [5, 5.41) is 0. The van der Waals surface area contributed by atoms with E-state index in [0.29, 0.717) is 16.8 Å². The Morgan fingerprint density at radius 3 is 2.67 bits per heavy atom. The van der Waals surface area contributed by atoms with Gasteiger partial charge in [0, 0.05) is 23.4 Å². The van der Waals surface area contributed by atoms with Crippen LogP contribution >= 0.6 is 27.7 Å². The van der Waals surface area contributed by atoms with E-state index in [1.165, 1.54) is 10.8 Å². The Bertz CT molecular complexity index is 637. The van der Waals surface area contributed by atoms with Crippen LogP contribution in [0.25, 0.3) is 0 Å². The molecule has 0 radical (unpaired) electrons. The molecule has 2 rings (SSSR count). The van der Waals surface area contributed by atoms with Crippen LogP contribution in [-0.4, -0.2) is 15.3 Å².